The van der Waals surface area contributed by atoms with Gasteiger partial charge in [0.15, 0.2) is 0 Å². The fraction of sp³-hybridized carbons (Fsp3) is 0.800. The van der Waals surface area contributed by atoms with E-state index >= 15 is 0 Å². The van der Waals surface area contributed by atoms with Crippen LogP contribution in [0.15, 0.2) is 0 Å². The molecule has 0 atom stereocenters. The summed E-state index contributed by atoms with van der Waals surface area (Å²) in [6.45, 7) is 2.35. The first-order chi connectivity index (χ1) is 6.74. The monoisotopic (exact) mass is 196 g/mol. The van der Waals surface area contributed by atoms with Gasteiger partial charge < -0.3 is 9.64 Å². The number of amides is 1. The van der Waals surface area contributed by atoms with Gasteiger partial charge in [0.25, 0.3) is 0 Å². The van der Waals surface area contributed by atoms with Crippen molar-refractivity contribution in [2.24, 2.45) is 5.92 Å². The molecule has 1 aliphatic heterocycles. The third-order valence-electron chi connectivity index (χ3n) is 2.53. The summed E-state index contributed by atoms with van der Waals surface area (Å²) in [7, 11) is 1.76. The molecule has 0 radical (unpaired) electrons. The van der Waals surface area contributed by atoms with Gasteiger partial charge in [0.2, 0.25) is 5.91 Å². The first kappa shape index (κ1) is 11.0. The highest BCUT2D eigenvalue weighted by molar-refractivity contribution is 5.77. The van der Waals surface area contributed by atoms with Gasteiger partial charge in [-0.1, -0.05) is 0 Å². The van der Waals surface area contributed by atoms with Crippen molar-refractivity contribution in [2.45, 2.75) is 19.3 Å². The summed E-state index contributed by atoms with van der Waals surface area (Å²) in [5, 5.41) is 8.37. The van der Waals surface area contributed by atoms with Crippen molar-refractivity contribution in [1.29, 1.82) is 5.26 Å². The van der Waals surface area contributed by atoms with E-state index < -0.39 is 0 Å². The van der Waals surface area contributed by atoms with Crippen molar-refractivity contribution >= 4 is 5.91 Å². The molecule has 0 aromatic rings. The van der Waals surface area contributed by atoms with Crippen LogP contribution in [0.4, 0.5) is 0 Å². The van der Waals surface area contributed by atoms with Crippen LogP contribution in [0.5, 0.6) is 0 Å². The smallest absolute Gasteiger partial charge is 0.236 e. The van der Waals surface area contributed by atoms with Crippen molar-refractivity contribution in [3.8, 4) is 6.07 Å². The summed E-state index contributed by atoms with van der Waals surface area (Å²) in [4.78, 5) is 12.9. The van der Waals surface area contributed by atoms with Crippen molar-refractivity contribution in [3.63, 3.8) is 0 Å². The second-order valence-electron chi connectivity index (χ2n) is 3.66. The molecule has 0 N–H and O–H groups in total. The molecule has 0 saturated carbocycles. The van der Waals surface area contributed by atoms with Crippen molar-refractivity contribution in [1.82, 2.24) is 4.90 Å². The minimum absolute atomic E-state index is 0.0142. The number of ether oxygens (including phenoxy) is 1. The van der Waals surface area contributed by atoms with E-state index in [9.17, 15) is 4.79 Å². The van der Waals surface area contributed by atoms with Gasteiger partial charge in [0, 0.05) is 26.8 Å². The zero-order valence-corrected chi connectivity index (χ0v) is 8.53. The second-order valence-corrected chi connectivity index (χ2v) is 3.66. The Morgan fingerprint density at radius 3 is 2.79 bits per heavy atom. The average molecular weight is 196 g/mol. The summed E-state index contributed by atoms with van der Waals surface area (Å²) < 4.78 is 5.23. The number of carbonyl (C=O) groups excluding carboxylic acids is 1. The average Bonchev–Trinajstić information content (AvgIpc) is 2.19. The first-order valence-corrected chi connectivity index (χ1v) is 4.92. The van der Waals surface area contributed by atoms with Crippen LogP contribution in [0, 0.1) is 17.2 Å². The predicted octanol–water partition coefficient (Wildman–Crippen LogP) is 0.785. The summed E-state index contributed by atoms with van der Waals surface area (Å²) in [5.41, 5.74) is 0. The molecule has 1 rings (SSSR count). The SMILES string of the molecule is CN(CC1CCOCC1)C(=O)CC#N. The minimum Gasteiger partial charge on any atom is -0.381 e. The first-order valence-electron chi connectivity index (χ1n) is 4.92. The Kier molecular flexibility index (Phi) is 4.41. The highest BCUT2D eigenvalue weighted by Crippen LogP contribution is 2.15. The largest absolute Gasteiger partial charge is 0.381 e. The lowest BCUT2D eigenvalue weighted by Gasteiger charge is -2.26. The van der Waals surface area contributed by atoms with Gasteiger partial charge in [-0.25, -0.2) is 0 Å². The van der Waals surface area contributed by atoms with Crippen LogP contribution in [-0.2, 0) is 9.53 Å². The maximum absolute atomic E-state index is 11.3. The number of nitrogens with zero attached hydrogens (tertiary/aromatic N) is 2. The highest BCUT2D eigenvalue weighted by Gasteiger charge is 2.17. The number of nitriles is 1. The molecular formula is C10H16N2O2. The summed E-state index contributed by atoms with van der Waals surface area (Å²) >= 11 is 0. The third-order valence-corrected chi connectivity index (χ3v) is 2.53. The Labute approximate surface area is 84.4 Å². The quantitative estimate of drug-likeness (QED) is 0.670. The summed E-state index contributed by atoms with van der Waals surface area (Å²) in [6.07, 6.45) is 2.02. The molecule has 0 aliphatic carbocycles. The van der Waals surface area contributed by atoms with E-state index in [0.717, 1.165) is 32.6 Å². The molecule has 1 fully saturated rings. The third kappa shape index (κ3) is 3.35. The van der Waals surface area contributed by atoms with Gasteiger partial charge in [-0.2, -0.15) is 5.26 Å². The van der Waals surface area contributed by atoms with Crippen LogP contribution >= 0.6 is 0 Å². The maximum atomic E-state index is 11.3. The van der Waals surface area contributed by atoms with Crippen LogP contribution in [0.25, 0.3) is 0 Å². The lowest BCUT2D eigenvalue weighted by molar-refractivity contribution is -0.129. The zero-order chi connectivity index (χ0) is 10.4. The predicted molar refractivity (Wildman–Crippen MR) is 51.4 cm³/mol. The van der Waals surface area contributed by atoms with E-state index in [-0.39, 0.29) is 12.3 Å². The van der Waals surface area contributed by atoms with Crippen LogP contribution in [0.1, 0.15) is 19.3 Å². The van der Waals surface area contributed by atoms with E-state index in [4.69, 9.17) is 10.00 Å². The van der Waals surface area contributed by atoms with Crippen LogP contribution < -0.4 is 0 Å². The molecular weight excluding hydrogens is 180 g/mol. The van der Waals surface area contributed by atoms with Crippen molar-refractivity contribution < 1.29 is 9.53 Å². The Hall–Kier alpha value is -1.08. The minimum atomic E-state index is -0.0843. The fourth-order valence-electron chi connectivity index (χ4n) is 1.62. The normalized spacial score (nSPS) is 17.4. The molecule has 1 aliphatic rings. The Balaban J connectivity index is 2.28. The zero-order valence-electron chi connectivity index (χ0n) is 8.53. The van der Waals surface area contributed by atoms with E-state index in [1.54, 1.807) is 11.9 Å². The molecule has 1 amide bonds. The lowest BCUT2D eigenvalue weighted by Crippen LogP contribution is -2.33. The van der Waals surface area contributed by atoms with Crippen LogP contribution in [0.3, 0.4) is 0 Å². The number of carbonyl (C=O) groups is 1. The van der Waals surface area contributed by atoms with E-state index in [1.165, 1.54) is 0 Å². The van der Waals surface area contributed by atoms with Gasteiger partial charge in [0.1, 0.15) is 6.42 Å². The summed E-state index contributed by atoms with van der Waals surface area (Å²) in [6, 6.07) is 1.87. The standard InChI is InChI=1S/C10H16N2O2/c1-12(10(13)2-5-11)8-9-3-6-14-7-4-9/h9H,2-4,6-8H2,1H3. The number of rotatable bonds is 3. The van der Waals surface area contributed by atoms with Crippen LogP contribution in [0.2, 0.25) is 0 Å². The Bertz CT molecular complexity index is 229. The van der Waals surface area contributed by atoms with Gasteiger partial charge in [-0.05, 0) is 18.8 Å². The Morgan fingerprint density at radius 1 is 1.57 bits per heavy atom. The maximum Gasteiger partial charge on any atom is 0.236 e. The highest BCUT2D eigenvalue weighted by atomic mass is 16.5. The van der Waals surface area contributed by atoms with E-state index in [2.05, 4.69) is 0 Å². The molecule has 0 aromatic heterocycles. The topological polar surface area (TPSA) is 53.3 Å². The lowest BCUT2D eigenvalue weighted by atomic mass is 10.00. The van der Waals surface area contributed by atoms with Gasteiger partial charge in [-0.15, -0.1) is 0 Å². The van der Waals surface area contributed by atoms with Gasteiger partial charge in [0.05, 0.1) is 6.07 Å². The van der Waals surface area contributed by atoms with Gasteiger partial charge >= 0.3 is 0 Å². The molecule has 0 aromatic carbocycles. The molecule has 1 saturated heterocycles. The molecule has 0 unspecified atom stereocenters. The van der Waals surface area contributed by atoms with Crippen molar-refractivity contribution in [3.05, 3.63) is 0 Å². The van der Waals surface area contributed by atoms with Crippen LogP contribution in [-0.4, -0.2) is 37.6 Å². The van der Waals surface area contributed by atoms with E-state index in [0.29, 0.717) is 5.92 Å². The summed E-state index contributed by atoms with van der Waals surface area (Å²) in [5.74, 6) is 0.454. The molecule has 14 heavy (non-hydrogen) atoms. The number of hydrogen-bond donors (Lipinski definition) is 0. The van der Waals surface area contributed by atoms with E-state index in [1.807, 2.05) is 6.07 Å². The Morgan fingerprint density at radius 2 is 2.21 bits per heavy atom. The molecule has 0 spiro atoms. The van der Waals surface area contributed by atoms with Crippen molar-refractivity contribution in [2.75, 3.05) is 26.8 Å². The molecule has 0 bridgehead atoms. The molecule has 1 heterocycles. The molecule has 4 nitrogen and oxygen atoms in total. The van der Waals surface area contributed by atoms with Gasteiger partial charge in [-0.3, -0.25) is 4.79 Å². The molecule has 4 heteroatoms. The number of hydrogen-bond acceptors (Lipinski definition) is 3. The second kappa shape index (κ2) is 5.61. The molecule has 78 valence electrons. The fourth-order valence-corrected chi connectivity index (χ4v) is 1.62.